The first-order valence-corrected chi connectivity index (χ1v) is 7.98. The number of rotatable bonds is 5. The van der Waals surface area contributed by atoms with E-state index in [1.165, 1.54) is 16.1 Å². The molecule has 4 nitrogen and oxygen atoms in total. The van der Waals surface area contributed by atoms with Gasteiger partial charge in [0.15, 0.2) is 0 Å². The van der Waals surface area contributed by atoms with Crippen molar-refractivity contribution in [3.63, 3.8) is 0 Å². The fourth-order valence-corrected chi connectivity index (χ4v) is 3.73. The van der Waals surface area contributed by atoms with Crippen molar-refractivity contribution in [1.82, 2.24) is 14.7 Å². The summed E-state index contributed by atoms with van der Waals surface area (Å²) in [5, 5.41) is 6.66. The lowest BCUT2D eigenvalue weighted by Gasteiger charge is -2.32. The summed E-state index contributed by atoms with van der Waals surface area (Å²) >= 11 is 1.83. The van der Waals surface area contributed by atoms with Gasteiger partial charge in [0.2, 0.25) is 0 Å². The maximum atomic E-state index is 5.40. The Bertz CT molecular complexity index is 549. The summed E-state index contributed by atoms with van der Waals surface area (Å²) in [4.78, 5) is 3.93. The lowest BCUT2D eigenvalue weighted by molar-refractivity contribution is 0.134. The quantitative estimate of drug-likeness (QED) is 0.848. The zero-order chi connectivity index (χ0) is 13.9. The molecule has 0 aliphatic carbocycles. The predicted octanol–water partition coefficient (Wildman–Crippen LogP) is 2.71. The normalized spacial score (nSPS) is 19.2. The molecular formula is C15H21N3OS. The van der Waals surface area contributed by atoms with Crippen LogP contribution in [0.1, 0.15) is 29.0 Å². The number of ether oxygens (including phenoxy) is 1. The van der Waals surface area contributed by atoms with Crippen LogP contribution in [0.15, 0.2) is 23.7 Å². The van der Waals surface area contributed by atoms with E-state index in [-0.39, 0.29) is 0 Å². The highest BCUT2D eigenvalue weighted by molar-refractivity contribution is 7.09. The Kier molecular flexibility index (Phi) is 4.19. The van der Waals surface area contributed by atoms with E-state index in [1.54, 1.807) is 7.11 Å². The Morgan fingerprint density at radius 2 is 2.40 bits per heavy atom. The van der Waals surface area contributed by atoms with E-state index in [0.717, 1.165) is 32.8 Å². The average Bonchev–Trinajstić information content (AvgIpc) is 3.08. The highest BCUT2D eigenvalue weighted by Crippen LogP contribution is 2.30. The molecule has 0 amide bonds. The molecule has 0 bridgehead atoms. The lowest BCUT2D eigenvalue weighted by Crippen LogP contribution is -2.35. The Hall–Kier alpha value is -1.17. The summed E-state index contributed by atoms with van der Waals surface area (Å²) in [7, 11) is 1.78. The summed E-state index contributed by atoms with van der Waals surface area (Å²) in [6.07, 6.45) is 2.03. The minimum Gasteiger partial charge on any atom is -0.384 e. The first kappa shape index (κ1) is 13.8. The molecule has 0 saturated carbocycles. The van der Waals surface area contributed by atoms with Crippen molar-refractivity contribution in [2.45, 2.75) is 32.5 Å². The number of aromatic nitrogens is 2. The van der Waals surface area contributed by atoms with Crippen LogP contribution in [0.5, 0.6) is 0 Å². The standard InChI is InChI=1S/C15H21N3OS/c1-3-18-15-10-17(9-13-5-4-6-20-13)8-12(11-19-2)14(15)7-16-18/h4-7,12H,3,8-11H2,1-2H3/t12-/m0/s1. The van der Waals surface area contributed by atoms with E-state index in [4.69, 9.17) is 4.74 Å². The van der Waals surface area contributed by atoms with Crippen molar-refractivity contribution in [2.75, 3.05) is 20.3 Å². The van der Waals surface area contributed by atoms with Gasteiger partial charge in [0.05, 0.1) is 18.5 Å². The zero-order valence-electron chi connectivity index (χ0n) is 12.1. The summed E-state index contributed by atoms with van der Waals surface area (Å²) < 4.78 is 7.53. The Labute approximate surface area is 124 Å². The molecule has 2 aromatic heterocycles. The Morgan fingerprint density at radius 1 is 1.50 bits per heavy atom. The fraction of sp³-hybridized carbons (Fsp3) is 0.533. The molecule has 108 valence electrons. The zero-order valence-corrected chi connectivity index (χ0v) is 12.9. The number of hydrogen-bond acceptors (Lipinski definition) is 4. The van der Waals surface area contributed by atoms with E-state index in [2.05, 4.69) is 39.1 Å². The first-order valence-electron chi connectivity index (χ1n) is 7.10. The van der Waals surface area contributed by atoms with E-state index in [0.29, 0.717) is 5.92 Å². The Morgan fingerprint density at radius 3 is 3.10 bits per heavy atom. The van der Waals surface area contributed by atoms with Crippen LogP contribution in [0.4, 0.5) is 0 Å². The van der Waals surface area contributed by atoms with Gasteiger partial charge < -0.3 is 4.74 Å². The molecule has 2 aromatic rings. The molecule has 5 heteroatoms. The van der Waals surface area contributed by atoms with Gasteiger partial charge in [-0.15, -0.1) is 11.3 Å². The van der Waals surface area contributed by atoms with E-state index >= 15 is 0 Å². The number of aryl methyl sites for hydroxylation is 1. The average molecular weight is 291 g/mol. The molecule has 1 atom stereocenters. The Balaban J connectivity index is 1.82. The lowest BCUT2D eigenvalue weighted by atomic mass is 9.95. The monoisotopic (exact) mass is 291 g/mol. The number of hydrogen-bond donors (Lipinski definition) is 0. The van der Waals surface area contributed by atoms with Crippen LogP contribution in [0.3, 0.4) is 0 Å². The minimum atomic E-state index is 0.434. The second-order valence-electron chi connectivity index (χ2n) is 5.26. The molecule has 3 rings (SSSR count). The third-order valence-corrected chi connectivity index (χ3v) is 4.76. The highest BCUT2D eigenvalue weighted by atomic mass is 32.1. The molecule has 0 unspecified atom stereocenters. The van der Waals surface area contributed by atoms with Gasteiger partial charge >= 0.3 is 0 Å². The van der Waals surface area contributed by atoms with Gasteiger partial charge in [-0.2, -0.15) is 5.10 Å². The van der Waals surface area contributed by atoms with Crippen molar-refractivity contribution in [3.8, 4) is 0 Å². The molecule has 1 aliphatic rings. The van der Waals surface area contributed by atoms with Crippen molar-refractivity contribution in [1.29, 1.82) is 0 Å². The van der Waals surface area contributed by atoms with Crippen molar-refractivity contribution in [2.24, 2.45) is 0 Å². The van der Waals surface area contributed by atoms with Crippen LogP contribution in [0.25, 0.3) is 0 Å². The van der Waals surface area contributed by atoms with Crippen molar-refractivity contribution >= 4 is 11.3 Å². The van der Waals surface area contributed by atoms with Crippen LogP contribution in [0, 0.1) is 0 Å². The fourth-order valence-electron chi connectivity index (χ4n) is 2.98. The molecule has 0 radical (unpaired) electrons. The molecule has 3 heterocycles. The number of fused-ring (bicyclic) bond motifs is 1. The van der Waals surface area contributed by atoms with Gasteiger partial charge in [0.1, 0.15) is 0 Å². The predicted molar refractivity (Wildman–Crippen MR) is 81.0 cm³/mol. The first-order chi connectivity index (χ1) is 9.81. The number of methoxy groups -OCH3 is 1. The van der Waals surface area contributed by atoms with Crippen LogP contribution >= 0.6 is 11.3 Å². The minimum absolute atomic E-state index is 0.434. The maximum absolute atomic E-state index is 5.40. The topological polar surface area (TPSA) is 30.3 Å². The van der Waals surface area contributed by atoms with Gasteiger partial charge in [-0.1, -0.05) is 6.07 Å². The number of thiophene rings is 1. The van der Waals surface area contributed by atoms with Crippen LogP contribution in [-0.2, 0) is 24.4 Å². The molecule has 0 fully saturated rings. The molecule has 0 N–H and O–H groups in total. The third-order valence-electron chi connectivity index (χ3n) is 3.90. The van der Waals surface area contributed by atoms with E-state index in [9.17, 15) is 0 Å². The summed E-state index contributed by atoms with van der Waals surface area (Å²) in [6, 6.07) is 4.33. The number of nitrogens with zero attached hydrogens (tertiary/aromatic N) is 3. The summed E-state index contributed by atoms with van der Waals surface area (Å²) in [5.74, 6) is 0.434. The van der Waals surface area contributed by atoms with Gasteiger partial charge in [-0.05, 0) is 18.4 Å². The van der Waals surface area contributed by atoms with E-state index in [1.807, 2.05) is 17.5 Å². The molecule has 0 spiro atoms. The highest BCUT2D eigenvalue weighted by Gasteiger charge is 2.28. The van der Waals surface area contributed by atoms with Crippen LogP contribution < -0.4 is 0 Å². The van der Waals surface area contributed by atoms with Gasteiger partial charge in [0.25, 0.3) is 0 Å². The second-order valence-corrected chi connectivity index (χ2v) is 6.30. The molecular weight excluding hydrogens is 270 g/mol. The van der Waals surface area contributed by atoms with Gasteiger partial charge in [0, 0.05) is 49.6 Å². The molecule has 1 aliphatic heterocycles. The van der Waals surface area contributed by atoms with Crippen LogP contribution in [-0.4, -0.2) is 34.9 Å². The van der Waals surface area contributed by atoms with Gasteiger partial charge in [-0.25, -0.2) is 0 Å². The van der Waals surface area contributed by atoms with Crippen molar-refractivity contribution < 1.29 is 4.74 Å². The SMILES string of the molecule is CCn1ncc2c1CN(Cc1cccs1)C[C@H]2COC. The maximum Gasteiger partial charge on any atom is 0.0560 e. The second kappa shape index (κ2) is 6.08. The molecule has 0 aromatic carbocycles. The van der Waals surface area contributed by atoms with Crippen LogP contribution in [0.2, 0.25) is 0 Å². The largest absolute Gasteiger partial charge is 0.384 e. The van der Waals surface area contributed by atoms with E-state index < -0.39 is 0 Å². The van der Waals surface area contributed by atoms with Gasteiger partial charge in [-0.3, -0.25) is 9.58 Å². The smallest absolute Gasteiger partial charge is 0.0560 e. The summed E-state index contributed by atoms with van der Waals surface area (Å²) in [5.41, 5.74) is 2.73. The molecule has 20 heavy (non-hydrogen) atoms. The third kappa shape index (κ3) is 2.66. The molecule has 0 saturated heterocycles. The summed E-state index contributed by atoms with van der Waals surface area (Å²) in [6.45, 7) is 6.91. The van der Waals surface area contributed by atoms with Crippen molar-refractivity contribution in [3.05, 3.63) is 39.8 Å².